The van der Waals surface area contributed by atoms with Crippen LogP contribution >= 0.6 is 0 Å². The molecule has 0 bridgehead atoms. The number of fused-ring (bicyclic) bond motifs is 1. The zero-order valence-corrected chi connectivity index (χ0v) is 15.6. The Balaban J connectivity index is 1.26. The Kier molecular flexibility index (Phi) is 5.33. The standard InChI is InChI=1S/C22H24FNO4/c23-18-5-6-21-17(11-18)12-22(28-21)7-9-24(10-8-22)13-19(26)15-27-20-4-2-1-3-16(20)14-25/h1-6,11,14,19,26H,7-10,12-13,15H2/t19-/m0/s1. The van der Waals surface area contributed by atoms with E-state index >= 15 is 0 Å². The number of piperidine rings is 1. The van der Waals surface area contributed by atoms with Crippen LogP contribution in [0.25, 0.3) is 0 Å². The molecule has 2 aromatic rings. The molecule has 2 heterocycles. The Morgan fingerprint density at radius 2 is 2.04 bits per heavy atom. The van der Waals surface area contributed by atoms with Gasteiger partial charge in [0.05, 0.1) is 5.56 Å². The van der Waals surface area contributed by atoms with E-state index in [0.29, 0.717) is 17.9 Å². The van der Waals surface area contributed by atoms with Crippen LogP contribution in [0.15, 0.2) is 42.5 Å². The highest BCUT2D eigenvalue weighted by Crippen LogP contribution is 2.41. The van der Waals surface area contributed by atoms with E-state index in [4.69, 9.17) is 9.47 Å². The van der Waals surface area contributed by atoms with E-state index in [1.807, 2.05) is 0 Å². The molecule has 1 N–H and O–H groups in total. The number of aliphatic hydroxyl groups excluding tert-OH is 1. The summed E-state index contributed by atoms with van der Waals surface area (Å²) in [6.45, 7) is 2.24. The number of halogens is 1. The van der Waals surface area contributed by atoms with Gasteiger partial charge in [0.15, 0.2) is 6.29 Å². The van der Waals surface area contributed by atoms with Crippen molar-refractivity contribution in [3.8, 4) is 11.5 Å². The summed E-state index contributed by atoms with van der Waals surface area (Å²) < 4.78 is 25.2. The monoisotopic (exact) mass is 385 g/mol. The van der Waals surface area contributed by atoms with Gasteiger partial charge in [0.2, 0.25) is 0 Å². The van der Waals surface area contributed by atoms with Crippen molar-refractivity contribution in [3.63, 3.8) is 0 Å². The molecule has 1 spiro atoms. The molecule has 0 amide bonds. The van der Waals surface area contributed by atoms with Gasteiger partial charge in [-0.2, -0.15) is 0 Å². The van der Waals surface area contributed by atoms with Gasteiger partial charge >= 0.3 is 0 Å². The molecule has 2 aliphatic heterocycles. The number of hydrogen-bond donors (Lipinski definition) is 1. The van der Waals surface area contributed by atoms with Gasteiger partial charge in [-0.1, -0.05) is 12.1 Å². The quantitative estimate of drug-likeness (QED) is 0.775. The van der Waals surface area contributed by atoms with Gasteiger partial charge in [-0.15, -0.1) is 0 Å². The minimum absolute atomic E-state index is 0.133. The van der Waals surface area contributed by atoms with Crippen molar-refractivity contribution >= 4 is 6.29 Å². The average molecular weight is 385 g/mol. The normalized spacial score (nSPS) is 19.1. The van der Waals surface area contributed by atoms with Crippen LogP contribution in [0.4, 0.5) is 4.39 Å². The fraction of sp³-hybridized carbons (Fsp3) is 0.409. The molecule has 4 rings (SSSR count). The molecule has 0 aliphatic carbocycles. The Hall–Kier alpha value is -2.44. The first-order valence-electron chi connectivity index (χ1n) is 9.62. The number of rotatable bonds is 6. The molecule has 0 unspecified atom stereocenters. The molecule has 2 aliphatic rings. The van der Waals surface area contributed by atoms with E-state index in [1.165, 1.54) is 6.07 Å². The van der Waals surface area contributed by atoms with Crippen molar-refractivity contribution in [3.05, 3.63) is 59.4 Å². The summed E-state index contributed by atoms with van der Waals surface area (Å²) in [5.74, 6) is 1.05. The predicted octanol–water partition coefficient (Wildman–Crippen LogP) is 2.85. The molecule has 28 heavy (non-hydrogen) atoms. The van der Waals surface area contributed by atoms with E-state index in [9.17, 15) is 14.3 Å². The van der Waals surface area contributed by atoms with Crippen molar-refractivity contribution in [2.45, 2.75) is 31.0 Å². The first-order valence-corrected chi connectivity index (χ1v) is 9.62. The summed E-state index contributed by atoms with van der Waals surface area (Å²) in [4.78, 5) is 13.2. The summed E-state index contributed by atoms with van der Waals surface area (Å²) in [5.41, 5.74) is 1.16. The van der Waals surface area contributed by atoms with Gasteiger partial charge in [0, 0.05) is 44.5 Å². The van der Waals surface area contributed by atoms with Gasteiger partial charge in [-0.05, 0) is 30.3 Å². The second-order valence-corrected chi connectivity index (χ2v) is 7.64. The van der Waals surface area contributed by atoms with Gasteiger partial charge in [-0.3, -0.25) is 4.79 Å². The third-order valence-corrected chi connectivity index (χ3v) is 5.58. The minimum atomic E-state index is -0.649. The second-order valence-electron chi connectivity index (χ2n) is 7.64. The number of benzene rings is 2. The largest absolute Gasteiger partial charge is 0.490 e. The lowest BCUT2D eigenvalue weighted by atomic mass is 9.87. The van der Waals surface area contributed by atoms with E-state index in [1.54, 1.807) is 36.4 Å². The molecule has 1 fully saturated rings. The van der Waals surface area contributed by atoms with E-state index in [0.717, 1.165) is 50.0 Å². The van der Waals surface area contributed by atoms with E-state index in [-0.39, 0.29) is 18.0 Å². The maximum Gasteiger partial charge on any atom is 0.153 e. The lowest BCUT2D eigenvalue weighted by molar-refractivity contribution is -0.00198. The van der Waals surface area contributed by atoms with E-state index < -0.39 is 6.10 Å². The topological polar surface area (TPSA) is 59.0 Å². The molecule has 0 radical (unpaired) electrons. The van der Waals surface area contributed by atoms with Crippen LogP contribution in [-0.4, -0.2) is 54.2 Å². The van der Waals surface area contributed by atoms with Crippen LogP contribution in [0, 0.1) is 5.82 Å². The van der Waals surface area contributed by atoms with Crippen LogP contribution in [0.2, 0.25) is 0 Å². The zero-order valence-electron chi connectivity index (χ0n) is 15.6. The third-order valence-electron chi connectivity index (χ3n) is 5.58. The van der Waals surface area contributed by atoms with Crippen molar-refractivity contribution in [2.75, 3.05) is 26.2 Å². The first kappa shape index (κ1) is 18.9. The van der Waals surface area contributed by atoms with Gasteiger partial charge in [0.1, 0.15) is 35.6 Å². The number of aliphatic hydroxyl groups is 1. The van der Waals surface area contributed by atoms with Crippen LogP contribution in [0.5, 0.6) is 11.5 Å². The molecule has 0 saturated carbocycles. The summed E-state index contributed by atoms with van der Waals surface area (Å²) in [7, 11) is 0. The number of ether oxygens (including phenoxy) is 2. The number of para-hydroxylation sites is 1. The van der Waals surface area contributed by atoms with Crippen molar-refractivity contribution < 1.29 is 23.8 Å². The van der Waals surface area contributed by atoms with Crippen LogP contribution in [0.1, 0.15) is 28.8 Å². The third kappa shape index (κ3) is 4.03. The highest BCUT2D eigenvalue weighted by atomic mass is 19.1. The highest BCUT2D eigenvalue weighted by molar-refractivity contribution is 5.79. The Morgan fingerprint density at radius 1 is 1.25 bits per heavy atom. The lowest BCUT2D eigenvalue weighted by Gasteiger charge is -2.39. The van der Waals surface area contributed by atoms with Crippen molar-refractivity contribution in [1.82, 2.24) is 4.90 Å². The first-order chi connectivity index (χ1) is 13.6. The van der Waals surface area contributed by atoms with Crippen molar-refractivity contribution in [1.29, 1.82) is 0 Å². The van der Waals surface area contributed by atoms with Crippen LogP contribution in [-0.2, 0) is 6.42 Å². The Bertz CT molecular complexity index is 848. The molecule has 148 valence electrons. The number of β-amino-alcohol motifs (C(OH)–C–C–N with tert-alkyl or cyclic N) is 1. The van der Waals surface area contributed by atoms with Crippen molar-refractivity contribution in [2.24, 2.45) is 0 Å². The Labute approximate surface area is 163 Å². The SMILES string of the molecule is O=Cc1ccccc1OC[C@@H](O)CN1CCC2(CC1)Cc1cc(F)ccc1O2. The molecule has 5 nitrogen and oxygen atoms in total. The molecule has 1 saturated heterocycles. The molecular formula is C22H24FNO4. The van der Waals surface area contributed by atoms with E-state index in [2.05, 4.69) is 4.90 Å². The fourth-order valence-electron chi connectivity index (χ4n) is 4.07. The molecular weight excluding hydrogens is 361 g/mol. The predicted molar refractivity (Wildman–Crippen MR) is 102 cm³/mol. The smallest absolute Gasteiger partial charge is 0.153 e. The lowest BCUT2D eigenvalue weighted by Crippen LogP contribution is -2.49. The number of carbonyl (C=O) groups is 1. The number of nitrogens with zero attached hydrogens (tertiary/aromatic N) is 1. The summed E-state index contributed by atoms with van der Waals surface area (Å²) in [5, 5.41) is 10.3. The number of carbonyl (C=O) groups excluding carboxylic acids is 1. The molecule has 1 atom stereocenters. The summed E-state index contributed by atoms with van der Waals surface area (Å²) in [6, 6.07) is 11.7. The number of hydrogen-bond acceptors (Lipinski definition) is 5. The highest BCUT2D eigenvalue weighted by Gasteiger charge is 2.42. The minimum Gasteiger partial charge on any atom is -0.490 e. The number of aldehydes is 1. The maximum absolute atomic E-state index is 13.4. The zero-order chi connectivity index (χ0) is 19.6. The fourth-order valence-corrected chi connectivity index (χ4v) is 4.07. The molecule has 2 aromatic carbocycles. The number of likely N-dealkylation sites (tertiary alicyclic amines) is 1. The van der Waals surface area contributed by atoms with Crippen LogP contribution < -0.4 is 9.47 Å². The average Bonchev–Trinajstić information content (AvgIpc) is 3.05. The summed E-state index contributed by atoms with van der Waals surface area (Å²) in [6.07, 6.45) is 2.51. The summed E-state index contributed by atoms with van der Waals surface area (Å²) >= 11 is 0. The molecule has 0 aromatic heterocycles. The maximum atomic E-state index is 13.4. The molecule has 6 heteroatoms. The van der Waals surface area contributed by atoms with Gasteiger partial charge < -0.3 is 19.5 Å². The van der Waals surface area contributed by atoms with Gasteiger partial charge in [-0.25, -0.2) is 4.39 Å². The Morgan fingerprint density at radius 3 is 2.82 bits per heavy atom. The van der Waals surface area contributed by atoms with Crippen LogP contribution in [0.3, 0.4) is 0 Å². The second kappa shape index (κ2) is 7.89. The van der Waals surface area contributed by atoms with Gasteiger partial charge in [0.25, 0.3) is 0 Å².